The van der Waals surface area contributed by atoms with E-state index < -0.39 is 0 Å². The van der Waals surface area contributed by atoms with Gasteiger partial charge in [0.2, 0.25) is 0 Å². The van der Waals surface area contributed by atoms with Gasteiger partial charge in [0.15, 0.2) is 5.17 Å². The number of para-hydroxylation sites is 1. The van der Waals surface area contributed by atoms with Crippen LogP contribution in [0.2, 0.25) is 0 Å². The summed E-state index contributed by atoms with van der Waals surface area (Å²) in [6, 6.07) is 8.93. The third kappa shape index (κ3) is 3.03. The number of nitrogens with zero attached hydrogens (tertiary/aromatic N) is 1. The smallest absolute Gasteiger partial charge is 0.161 e. The van der Waals surface area contributed by atoms with Gasteiger partial charge in [0.05, 0.1) is 6.04 Å². The zero-order valence-electron chi connectivity index (χ0n) is 10.7. The van der Waals surface area contributed by atoms with Gasteiger partial charge < -0.3 is 5.32 Å². The van der Waals surface area contributed by atoms with Gasteiger partial charge in [-0.3, -0.25) is 4.99 Å². The molecule has 0 saturated carbocycles. The highest BCUT2D eigenvalue weighted by Crippen LogP contribution is 2.25. The number of hydrogen-bond donors (Lipinski definition) is 1. The van der Waals surface area contributed by atoms with E-state index in [0.717, 1.165) is 17.3 Å². The molecule has 1 aromatic rings. The lowest BCUT2D eigenvalue weighted by Crippen LogP contribution is -2.12. The van der Waals surface area contributed by atoms with Gasteiger partial charge in [-0.1, -0.05) is 50.7 Å². The molecule has 1 aliphatic heterocycles. The highest BCUT2D eigenvalue weighted by atomic mass is 32.2. The number of amidine groups is 1. The lowest BCUT2D eigenvalue weighted by atomic mass is 10.1. The molecule has 0 aromatic heterocycles. The van der Waals surface area contributed by atoms with Crippen LogP contribution in [0.4, 0.5) is 5.69 Å². The van der Waals surface area contributed by atoms with Crippen molar-refractivity contribution in [1.29, 1.82) is 0 Å². The first kappa shape index (κ1) is 12.5. The van der Waals surface area contributed by atoms with Crippen molar-refractivity contribution in [3.05, 3.63) is 29.8 Å². The van der Waals surface area contributed by atoms with Crippen LogP contribution in [0.1, 0.15) is 26.3 Å². The summed E-state index contributed by atoms with van der Waals surface area (Å²) in [5.74, 6) is 1.73. The van der Waals surface area contributed by atoms with E-state index in [1.165, 1.54) is 11.3 Å². The molecule has 0 aliphatic carbocycles. The van der Waals surface area contributed by atoms with Crippen LogP contribution < -0.4 is 5.32 Å². The number of benzene rings is 1. The molecule has 0 spiro atoms. The summed E-state index contributed by atoms with van der Waals surface area (Å²) in [5.41, 5.74) is 2.55. The molecule has 1 N–H and O–H groups in total. The number of aliphatic imine (C=N–C) groups is 1. The van der Waals surface area contributed by atoms with E-state index in [4.69, 9.17) is 4.99 Å². The molecular formula is C14H20N2S. The predicted molar refractivity (Wildman–Crippen MR) is 78.0 cm³/mol. The van der Waals surface area contributed by atoms with Crippen molar-refractivity contribution in [3.8, 4) is 0 Å². The minimum absolute atomic E-state index is 0.469. The molecule has 2 nitrogen and oxygen atoms in total. The Kier molecular flexibility index (Phi) is 4.11. The van der Waals surface area contributed by atoms with Gasteiger partial charge in [-0.15, -0.1) is 0 Å². The third-order valence-electron chi connectivity index (χ3n) is 3.08. The van der Waals surface area contributed by atoms with E-state index in [1.54, 1.807) is 0 Å². The molecule has 0 fully saturated rings. The molecule has 3 heteroatoms. The predicted octanol–water partition coefficient (Wildman–Crippen LogP) is 3.79. The second kappa shape index (κ2) is 5.58. The van der Waals surface area contributed by atoms with Gasteiger partial charge in [-0.25, -0.2) is 0 Å². The quantitative estimate of drug-likeness (QED) is 0.880. The molecule has 1 unspecified atom stereocenters. The zero-order chi connectivity index (χ0) is 12.3. The van der Waals surface area contributed by atoms with Crippen molar-refractivity contribution in [2.75, 3.05) is 11.1 Å². The number of thioether (sulfide) groups is 1. The lowest BCUT2D eigenvalue weighted by molar-refractivity contribution is 0.543. The summed E-state index contributed by atoms with van der Waals surface area (Å²) in [6.07, 6.45) is 1.05. The maximum Gasteiger partial charge on any atom is 0.161 e. The highest BCUT2D eigenvalue weighted by Gasteiger charge is 2.21. The van der Waals surface area contributed by atoms with Gasteiger partial charge in [0.1, 0.15) is 0 Å². The number of nitrogens with one attached hydrogen (secondary N) is 1. The summed E-state index contributed by atoms with van der Waals surface area (Å²) in [7, 11) is 0. The van der Waals surface area contributed by atoms with Crippen molar-refractivity contribution in [3.63, 3.8) is 0 Å². The van der Waals surface area contributed by atoms with E-state index in [1.807, 2.05) is 11.8 Å². The first-order chi connectivity index (χ1) is 8.20. The number of hydrogen-bond acceptors (Lipinski definition) is 3. The van der Waals surface area contributed by atoms with Crippen LogP contribution in [0.5, 0.6) is 0 Å². The second-order valence-electron chi connectivity index (χ2n) is 4.69. The Morgan fingerprint density at radius 3 is 2.82 bits per heavy atom. The maximum atomic E-state index is 4.73. The molecule has 0 radical (unpaired) electrons. The zero-order valence-corrected chi connectivity index (χ0v) is 11.6. The summed E-state index contributed by atoms with van der Waals surface area (Å²) < 4.78 is 0. The molecule has 1 heterocycles. The van der Waals surface area contributed by atoms with E-state index >= 15 is 0 Å². The molecule has 17 heavy (non-hydrogen) atoms. The molecule has 1 aliphatic rings. The SMILES string of the molecule is CCc1ccccc1NC1=NC(C(C)C)CS1. The number of anilines is 1. The molecule has 2 rings (SSSR count). The van der Waals surface area contributed by atoms with Crippen molar-refractivity contribution in [2.45, 2.75) is 33.2 Å². The largest absolute Gasteiger partial charge is 0.335 e. The van der Waals surface area contributed by atoms with Crippen LogP contribution in [0.15, 0.2) is 29.3 Å². The van der Waals surface area contributed by atoms with E-state index in [2.05, 4.69) is 50.4 Å². The Bertz CT molecular complexity index is 412. The van der Waals surface area contributed by atoms with Crippen molar-refractivity contribution < 1.29 is 0 Å². The Morgan fingerprint density at radius 1 is 1.41 bits per heavy atom. The number of rotatable bonds is 3. The normalized spacial score (nSPS) is 19.5. The van der Waals surface area contributed by atoms with E-state index in [9.17, 15) is 0 Å². The minimum atomic E-state index is 0.469. The van der Waals surface area contributed by atoms with Gasteiger partial charge in [0.25, 0.3) is 0 Å². The van der Waals surface area contributed by atoms with E-state index in [-0.39, 0.29) is 0 Å². The van der Waals surface area contributed by atoms with Crippen LogP contribution in [0, 0.1) is 5.92 Å². The second-order valence-corrected chi connectivity index (χ2v) is 5.70. The van der Waals surface area contributed by atoms with Crippen molar-refractivity contribution >= 4 is 22.6 Å². The minimum Gasteiger partial charge on any atom is -0.335 e. The molecule has 1 aromatic carbocycles. The van der Waals surface area contributed by atoms with Crippen molar-refractivity contribution in [2.24, 2.45) is 10.9 Å². The lowest BCUT2D eigenvalue weighted by Gasteiger charge is -2.10. The summed E-state index contributed by atoms with van der Waals surface area (Å²) in [4.78, 5) is 4.73. The molecule has 92 valence electrons. The summed E-state index contributed by atoms with van der Waals surface area (Å²) >= 11 is 1.83. The first-order valence-corrected chi connectivity index (χ1v) is 7.24. The monoisotopic (exact) mass is 248 g/mol. The Hall–Kier alpha value is -0.960. The van der Waals surface area contributed by atoms with Crippen LogP contribution in [-0.2, 0) is 6.42 Å². The Morgan fingerprint density at radius 2 is 2.18 bits per heavy atom. The standard InChI is InChI=1S/C14H20N2S/c1-4-11-7-5-6-8-12(11)15-14-16-13(9-17-14)10(2)3/h5-8,10,13H,4,9H2,1-3H3,(H,15,16). The van der Waals surface area contributed by atoms with Gasteiger partial charge in [-0.2, -0.15) is 0 Å². The van der Waals surface area contributed by atoms with Gasteiger partial charge in [0, 0.05) is 11.4 Å². The fourth-order valence-corrected chi connectivity index (χ4v) is 3.05. The topological polar surface area (TPSA) is 24.4 Å². The average molecular weight is 248 g/mol. The molecule has 1 atom stereocenters. The van der Waals surface area contributed by atoms with Gasteiger partial charge >= 0.3 is 0 Å². The fraction of sp³-hybridized carbons (Fsp3) is 0.500. The van der Waals surface area contributed by atoms with Crippen molar-refractivity contribution in [1.82, 2.24) is 0 Å². The van der Waals surface area contributed by atoms with Crippen LogP contribution in [0.3, 0.4) is 0 Å². The van der Waals surface area contributed by atoms with Gasteiger partial charge in [-0.05, 0) is 24.0 Å². The summed E-state index contributed by atoms with van der Waals surface area (Å²) in [5, 5.41) is 4.53. The number of aryl methyl sites for hydroxylation is 1. The Balaban J connectivity index is 2.09. The van der Waals surface area contributed by atoms with Crippen LogP contribution >= 0.6 is 11.8 Å². The van der Waals surface area contributed by atoms with E-state index in [0.29, 0.717) is 12.0 Å². The van der Waals surface area contributed by atoms with Crippen LogP contribution in [-0.4, -0.2) is 17.0 Å². The van der Waals surface area contributed by atoms with Crippen LogP contribution in [0.25, 0.3) is 0 Å². The molecular weight excluding hydrogens is 228 g/mol. The third-order valence-corrected chi connectivity index (χ3v) is 4.07. The first-order valence-electron chi connectivity index (χ1n) is 6.26. The average Bonchev–Trinajstić information content (AvgIpc) is 2.78. The maximum absolute atomic E-state index is 4.73. The fourth-order valence-electron chi connectivity index (χ4n) is 1.87. The highest BCUT2D eigenvalue weighted by molar-refractivity contribution is 8.14. The molecule has 0 amide bonds. The molecule has 0 saturated heterocycles. The summed E-state index contributed by atoms with van der Waals surface area (Å²) in [6.45, 7) is 6.65. The Labute approximate surface area is 108 Å². The molecule has 0 bridgehead atoms.